The van der Waals surface area contributed by atoms with Gasteiger partial charge in [-0.3, -0.25) is 0 Å². The molecule has 0 unspecified atom stereocenters. The largest absolute Gasteiger partial charge is 0.497 e. The predicted octanol–water partition coefficient (Wildman–Crippen LogP) is 3.91. The van der Waals surface area contributed by atoms with Gasteiger partial charge in [0, 0.05) is 30.1 Å². The van der Waals surface area contributed by atoms with Crippen molar-refractivity contribution < 1.29 is 4.74 Å². The van der Waals surface area contributed by atoms with E-state index in [1.165, 1.54) is 11.8 Å². The minimum Gasteiger partial charge on any atom is -0.497 e. The lowest BCUT2D eigenvalue weighted by Crippen LogP contribution is -2.29. The van der Waals surface area contributed by atoms with E-state index in [2.05, 4.69) is 46.5 Å². The van der Waals surface area contributed by atoms with Crippen LogP contribution in [0.2, 0.25) is 0 Å². The summed E-state index contributed by atoms with van der Waals surface area (Å²) in [6.07, 6.45) is 7.30. The van der Waals surface area contributed by atoms with E-state index in [1.807, 2.05) is 25.1 Å². The van der Waals surface area contributed by atoms with Crippen molar-refractivity contribution in [2.75, 3.05) is 20.2 Å². The monoisotopic (exact) mass is 409 g/mol. The Morgan fingerprint density at radius 2 is 2.07 bits per heavy atom. The topological polar surface area (TPSA) is 64.9 Å². The molecule has 0 atom stereocenters. The SMILES string of the molecule is C#Cc1ccc(OC)cc1Sc1nc2c(C)ncnc2n1CCNCC(C)(C)C. The number of imidazole rings is 1. The summed E-state index contributed by atoms with van der Waals surface area (Å²) in [4.78, 5) is 14.5. The molecular formula is C22H27N5OS. The van der Waals surface area contributed by atoms with Crippen LogP contribution < -0.4 is 10.1 Å². The number of aromatic nitrogens is 4. The van der Waals surface area contributed by atoms with E-state index in [0.717, 1.165) is 57.9 Å². The van der Waals surface area contributed by atoms with Crippen LogP contribution in [0, 0.1) is 24.7 Å². The lowest BCUT2D eigenvalue weighted by Gasteiger charge is -2.19. The fourth-order valence-electron chi connectivity index (χ4n) is 2.89. The van der Waals surface area contributed by atoms with Crippen LogP contribution in [0.25, 0.3) is 11.2 Å². The zero-order valence-corrected chi connectivity index (χ0v) is 18.4. The Kier molecular flexibility index (Phi) is 6.46. The normalized spacial score (nSPS) is 11.6. The summed E-state index contributed by atoms with van der Waals surface area (Å²) in [7, 11) is 1.65. The molecule has 2 aromatic heterocycles. The number of fused-ring (bicyclic) bond motifs is 1. The Morgan fingerprint density at radius 1 is 1.28 bits per heavy atom. The number of aryl methyl sites for hydroxylation is 1. The van der Waals surface area contributed by atoms with Gasteiger partial charge in [-0.25, -0.2) is 15.0 Å². The molecule has 0 aliphatic carbocycles. The van der Waals surface area contributed by atoms with Crippen molar-refractivity contribution in [3.05, 3.63) is 35.8 Å². The van der Waals surface area contributed by atoms with Crippen molar-refractivity contribution in [2.24, 2.45) is 5.41 Å². The second-order valence-electron chi connectivity index (χ2n) is 8.02. The van der Waals surface area contributed by atoms with E-state index in [1.54, 1.807) is 13.4 Å². The zero-order chi connectivity index (χ0) is 21.0. The lowest BCUT2D eigenvalue weighted by atomic mass is 9.97. The fraction of sp³-hybridized carbons (Fsp3) is 0.409. The molecule has 0 radical (unpaired) electrons. The molecule has 2 heterocycles. The van der Waals surface area contributed by atoms with Gasteiger partial charge in [0.05, 0.1) is 12.8 Å². The molecule has 1 aromatic carbocycles. The Hall–Kier alpha value is -2.56. The van der Waals surface area contributed by atoms with Crippen LogP contribution in [-0.4, -0.2) is 39.7 Å². The minimum atomic E-state index is 0.232. The minimum absolute atomic E-state index is 0.232. The van der Waals surface area contributed by atoms with Crippen LogP contribution in [0.1, 0.15) is 32.0 Å². The molecule has 1 N–H and O–H groups in total. The second kappa shape index (κ2) is 8.85. The van der Waals surface area contributed by atoms with E-state index in [9.17, 15) is 0 Å². The Labute approximate surface area is 176 Å². The highest BCUT2D eigenvalue weighted by molar-refractivity contribution is 7.99. The first-order valence-electron chi connectivity index (χ1n) is 9.53. The third-order valence-electron chi connectivity index (χ3n) is 4.39. The molecule has 0 saturated heterocycles. The first kappa shape index (κ1) is 21.2. The van der Waals surface area contributed by atoms with Crippen LogP contribution in [0.3, 0.4) is 0 Å². The molecule has 0 saturated carbocycles. The summed E-state index contributed by atoms with van der Waals surface area (Å²) >= 11 is 1.53. The van der Waals surface area contributed by atoms with Crippen LogP contribution in [0.5, 0.6) is 5.75 Å². The number of methoxy groups -OCH3 is 1. The van der Waals surface area contributed by atoms with E-state index in [-0.39, 0.29) is 5.41 Å². The average molecular weight is 410 g/mol. The number of nitrogens with one attached hydrogen (secondary N) is 1. The fourth-order valence-corrected chi connectivity index (χ4v) is 3.93. The number of hydrogen-bond acceptors (Lipinski definition) is 6. The molecule has 0 aliphatic rings. The van der Waals surface area contributed by atoms with Gasteiger partial charge >= 0.3 is 0 Å². The van der Waals surface area contributed by atoms with Crippen molar-refractivity contribution >= 4 is 22.9 Å². The summed E-state index contributed by atoms with van der Waals surface area (Å²) in [5.74, 6) is 3.51. The number of ether oxygens (including phenoxy) is 1. The second-order valence-corrected chi connectivity index (χ2v) is 9.03. The third-order valence-corrected chi connectivity index (χ3v) is 5.44. The first-order valence-corrected chi connectivity index (χ1v) is 10.3. The van der Waals surface area contributed by atoms with E-state index in [0.29, 0.717) is 0 Å². The van der Waals surface area contributed by atoms with Gasteiger partial charge in [-0.2, -0.15) is 0 Å². The van der Waals surface area contributed by atoms with Gasteiger partial charge in [-0.05, 0) is 30.5 Å². The van der Waals surface area contributed by atoms with Gasteiger partial charge < -0.3 is 14.6 Å². The van der Waals surface area contributed by atoms with Crippen molar-refractivity contribution in [3.8, 4) is 18.1 Å². The lowest BCUT2D eigenvalue weighted by molar-refractivity contribution is 0.375. The van der Waals surface area contributed by atoms with E-state index >= 15 is 0 Å². The molecule has 0 spiro atoms. The zero-order valence-electron chi connectivity index (χ0n) is 17.6. The van der Waals surface area contributed by atoms with Crippen molar-refractivity contribution in [2.45, 2.75) is 44.3 Å². The number of rotatable bonds is 7. The third kappa shape index (κ3) is 5.08. The van der Waals surface area contributed by atoms with Crippen LogP contribution >= 0.6 is 11.8 Å². The van der Waals surface area contributed by atoms with Crippen molar-refractivity contribution in [1.29, 1.82) is 0 Å². The summed E-state index contributed by atoms with van der Waals surface area (Å²) in [6, 6.07) is 5.71. The predicted molar refractivity (Wildman–Crippen MR) is 117 cm³/mol. The van der Waals surface area contributed by atoms with E-state index < -0.39 is 0 Å². The summed E-state index contributed by atoms with van der Waals surface area (Å²) in [5.41, 5.74) is 3.55. The van der Waals surface area contributed by atoms with Gasteiger partial charge in [0.1, 0.15) is 17.6 Å². The molecule has 6 nitrogen and oxygen atoms in total. The molecule has 3 aromatic rings. The maximum absolute atomic E-state index is 5.71. The maximum atomic E-state index is 5.71. The molecular weight excluding hydrogens is 382 g/mol. The molecule has 0 aliphatic heterocycles. The Bertz CT molecular complexity index is 1050. The highest BCUT2D eigenvalue weighted by Gasteiger charge is 2.17. The highest BCUT2D eigenvalue weighted by Crippen LogP contribution is 2.34. The van der Waals surface area contributed by atoms with Gasteiger partial charge in [0.25, 0.3) is 0 Å². The van der Waals surface area contributed by atoms with Gasteiger partial charge in [-0.15, -0.1) is 6.42 Å². The Balaban J connectivity index is 1.95. The summed E-state index contributed by atoms with van der Waals surface area (Å²) in [6.45, 7) is 11.1. The molecule has 7 heteroatoms. The number of terminal acetylenes is 1. The number of nitrogens with zero attached hydrogens (tertiary/aromatic N) is 4. The quantitative estimate of drug-likeness (QED) is 0.471. The molecule has 0 fully saturated rings. The van der Waals surface area contributed by atoms with Gasteiger partial charge in [0.15, 0.2) is 10.8 Å². The molecule has 0 bridgehead atoms. The molecule has 3 rings (SSSR count). The van der Waals surface area contributed by atoms with Crippen molar-refractivity contribution in [1.82, 2.24) is 24.8 Å². The molecule has 152 valence electrons. The molecule has 0 amide bonds. The van der Waals surface area contributed by atoms with Crippen molar-refractivity contribution in [3.63, 3.8) is 0 Å². The summed E-state index contributed by atoms with van der Waals surface area (Å²) < 4.78 is 7.50. The summed E-state index contributed by atoms with van der Waals surface area (Å²) in [5, 5.41) is 4.36. The molecule has 29 heavy (non-hydrogen) atoms. The van der Waals surface area contributed by atoms with Crippen LogP contribution in [-0.2, 0) is 6.54 Å². The Morgan fingerprint density at radius 3 is 2.76 bits per heavy atom. The highest BCUT2D eigenvalue weighted by atomic mass is 32.2. The smallest absolute Gasteiger partial charge is 0.175 e. The number of benzene rings is 1. The van der Waals surface area contributed by atoms with Gasteiger partial charge in [0.2, 0.25) is 0 Å². The van der Waals surface area contributed by atoms with Crippen LogP contribution in [0.4, 0.5) is 0 Å². The number of hydrogen-bond donors (Lipinski definition) is 1. The average Bonchev–Trinajstić information content (AvgIpc) is 3.03. The van der Waals surface area contributed by atoms with Crippen LogP contribution in [0.15, 0.2) is 34.6 Å². The van der Waals surface area contributed by atoms with Gasteiger partial charge in [-0.1, -0.05) is 38.5 Å². The van der Waals surface area contributed by atoms with E-state index in [4.69, 9.17) is 16.1 Å². The maximum Gasteiger partial charge on any atom is 0.175 e. The standard InChI is InChI=1S/C22H27N5OS/c1-7-16-8-9-17(28-6)12-18(16)29-21-26-19-15(2)24-14-25-20(19)27(21)11-10-23-13-22(3,4)5/h1,8-9,12,14,23H,10-11,13H2,2-6H3. The first-order chi connectivity index (χ1) is 13.8.